The first-order valence-corrected chi connectivity index (χ1v) is 6.01. The number of β-amino-alcohol motifs (C(OH)–C–C–N with tert-alkyl or cyclic N) is 1. The third kappa shape index (κ3) is 3.17. The number of carbonyl (C=O) groups excluding carboxylic acids is 1. The Bertz CT molecular complexity index is 241. The van der Waals surface area contributed by atoms with Crippen LogP contribution in [0.4, 0.5) is 0 Å². The molecule has 1 unspecified atom stereocenters. The van der Waals surface area contributed by atoms with Gasteiger partial charge in [0.15, 0.2) is 0 Å². The fourth-order valence-electron chi connectivity index (χ4n) is 2.28. The predicted molar refractivity (Wildman–Crippen MR) is 59.1 cm³/mol. The molecule has 2 heterocycles. The highest BCUT2D eigenvalue weighted by Crippen LogP contribution is 2.10. The molecule has 0 aliphatic carbocycles. The van der Waals surface area contributed by atoms with Crippen molar-refractivity contribution in [3.8, 4) is 0 Å². The number of likely N-dealkylation sites (tertiary alicyclic amines) is 1. The highest BCUT2D eigenvalue weighted by Gasteiger charge is 2.23. The summed E-state index contributed by atoms with van der Waals surface area (Å²) in [5, 5.41) is 9.52. The summed E-state index contributed by atoms with van der Waals surface area (Å²) in [6, 6.07) is 0. The van der Waals surface area contributed by atoms with Crippen molar-refractivity contribution in [2.24, 2.45) is 0 Å². The molecule has 2 aliphatic heterocycles. The second-order valence-electron chi connectivity index (χ2n) is 4.52. The van der Waals surface area contributed by atoms with Gasteiger partial charge in [0.05, 0.1) is 25.9 Å². The second-order valence-corrected chi connectivity index (χ2v) is 4.52. The number of morpholine rings is 1. The zero-order valence-electron chi connectivity index (χ0n) is 9.60. The largest absolute Gasteiger partial charge is 0.392 e. The van der Waals surface area contributed by atoms with E-state index in [4.69, 9.17) is 4.74 Å². The zero-order chi connectivity index (χ0) is 11.4. The van der Waals surface area contributed by atoms with Crippen molar-refractivity contribution in [1.82, 2.24) is 9.80 Å². The van der Waals surface area contributed by atoms with Gasteiger partial charge in [0.2, 0.25) is 5.91 Å². The van der Waals surface area contributed by atoms with Crippen LogP contribution in [0.25, 0.3) is 0 Å². The number of piperidine rings is 1. The maximum atomic E-state index is 11.9. The Labute approximate surface area is 96.0 Å². The Morgan fingerprint density at radius 3 is 2.75 bits per heavy atom. The van der Waals surface area contributed by atoms with E-state index < -0.39 is 0 Å². The monoisotopic (exact) mass is 228 g/mol. The lowest BCUT2D eigenvalue weighted by Crippen LogP contribution is -2.48. The molecule has 0 radical (unpaired) electrons. The fraction of sp³-hybridized carbons (Fsp3) is 0.909. The molecule has 1 amide bonds. The SMILES string of the molecule is O=C(CN1CCCC(O)C1)N1CCOCC1. The van der Waals surface area contributed by atoms with Gasteiger partial charge in [-0.3, -0.25) is 9.69 Å². The molecule has 0 bridgehead atoms. The highest BCUT2D eigenvalue weighted by molar-refractivity contribution is 5.78. The van der Waals surface area contributed by atoms with Gasteiger partial charge in [-0.2, -0.15) is 0 Å². The topological polar surface area (TPSA) is 53.0 Å². The molecule has 92 valence electrons. The first-order valence-electron chi connectivity index (χ1n) is 6.01. The minimum atomic E-state index is -0.258. The lowest BCUT2D eigenvalue weighted by atomic mass is 10.1. The van der Waals surface area contributed by atoms with Crippen molar-refractivity contribution < 1.29 is 14.6 Å². The third-order valence-corrected chi connectivity index (χ3v) is 3.20. The molecule has 1 N–H and O–H groups in total. The van der Waals surface area contributed by atoms with Crippen LogP contribution in [0.5, 0.6) is 0 Å². The summed E-state index contributed by atoms with van der Waals surface area (Å²) in [5.74, 6) is 0.164. The summed E-state index contributed by atoms with van der Waals surface area (Å²) in [6.45, 7) is 4.70. The summed E-state index contributed by atoms with van der Waals surface area (Å²) >= 11 is 0. The quantitative estimate of drug-likeness (QED) is 0.679. The second kappa shape index (κ2) is 5.61. The van der Waals surface area contributed by atoms with E-state index in [1.807, 2.05) is 9.80 Å². The van der Waals surface area contributed by atoms with Crippen molar-refractivity contribution in [2.75, 3.05) is 45.9 Å². The van der Waals surface area contributed by atoms with Crippen molar-refractivity contribution in [1.29, 1.82) is 0 Å². The number of rotatable bonds is 2. The number of ether oxygens (including phenoxy) is 1. The Balaban J connectivity index is 1.77. The summed E-state index contributed by atoms with van der Waals surface area (Å²) in [6.07, 6.45) is 1.59. The minimum Gasteiger partial charge on any atom is -0.392 e. The lowest BCUT2D eigenvalue weighted by molar-refractivity contribution is -0.137. The predicted octanol–water partition coefficient (Wildman–Crippen LogP) is -0.698. The van der Waals surface area contributed by atoms with E-state index in [0.29, 0.717) is 39.4 Å². The van der Waals surface area contributed by atoms with Crippen LogP contribution in [-0.2, 0) is 9.53 Å². The van der Waals surface area contributed by atoms with Gasteiger partial charge < -0.3 is 14.7 Å². The Morgan fingerprint density at radius 2 is 2.06 bits per heavy atom. The normalized spacial score (nSPS) is 28.1. The molecule has 16 heavy (non-hydrogen) atoms. The van der Waals surface area contributed by atoms with Crippen molar-refractivity contribution in [2.45, 2.75) is 18.9 Å². The summed E-state index contributed by atoms with van der Waals surface area (Å²) in [4.78, 5) is 15.8. The number of aliphatic hydroxyl groups excluding tert-OH is 1. The van der Waals surface area contributed by atoms with E-state index in [2.05, 4.69) is 0 Å². The number of nitrogens with zero attached hydrogens (tertiary/aromatic N) is 2. The minimum absolute atomic E-state index is 0.164. The maximum Gasteiger partial charge on any atom is 0.236 e. The van der Waals surface area contributed by atoms with Crippen LogP contribution >= 0.6 is 0 Å². The molecule has 2 rings (SSSR count). The highest BCUT2D eigenvalue weighted by atomic mass is 16.5. The maximum absolute atomic E-state index is 11.9. The molecule has 0 aromatic rings. The van der Waals surface area contributed by atoms with E-state index >= 15 is 0 Å². The van der Waals surface area contributed by atoms with E-state index in [-0.39, 0.29) is 12.0 Å². The molecule has 0 spiro atoms. The van der Waals surface area contributed by atoms with Crippen LogP contribution in [0.3, 0.4) is 0 Å². The Morgan fingerprint density at radius 1 is 1.31 bits per heavy atom. The number of aliphatic hydroxyl groups is 1. The van der Waals surface area contributed by atoms with Gasteiger partial charge in [-0.25, -0.2) is 0 Å². The number of hydrogen-bond donors (Lipinski definition) is 1. The van der Waals surface area contributed by atoms with Gasteiger partial charge in [-0.1, -0.05) is 0 Å². The van der Waals surface area contributed by atoms with Crippen LogP contribution < -0.4 is 0 Å². The summed E-state index contributed by atoms with van der Waals surface area (Å²) < 4.78 is 5.21. The van der Waals surface area contributed by atoms with E-state index in [1.54, 1.807) is 0 Å². The van der Waals surface area contributed by atoms with Gasteiger partial charge in [-0.05, 0) is 19.4 Å². The number of amides is 1. The Hall–Kier alpha value is -0.650. The average Bonchev–Trinajstić information content (AvgIpc) is 2.30. The lowest BCUT2D eigenvalue weighted by Gasteiger charge is -2.33. The van der Waals surface area contributed by atoms with Crippen LogP contribution in [0.15, 0.2) is 0 Å². The molecule has 0 saturated carbocycles. The van der Waals surface area contributed by atoms with E-state index in [0.717, 1.165) is 19.4 Å². The number of carbonyl (C=O) groups is 1. The van der Waals surface area contributed by atoms with Crippen molar-refractivity contribution in [3.05, 3.63) is 0 Å². The fourth-order valence-corrected chi connectivity index (χ4v) is 2.28. The van der Waals surface area contributed by atoms with E-state index in [9.17, 15) is 9.90 Å². The van der Waals surface area contributed by atoms with Crippen LogP contribution in [0.2, 0.25) is 0 Å². The van der Waals surface area contributed by atoms with Crippen LogP contribution in [0.1, 0.15) is 12.8 Å². The molecular formula is C11H20N2O3. The molecule has 2 aliphatic rings. The van der Waals surface area contributed by atoms with Crippen LogP contribution in [0, 0.1) is 0 Å². The first-order chi connectivity index (χ1) is 7.75. The van der Waals surface area contributed by atoms with Gasteiger partial charge in [-0.15, -0.1) is 0 Å². The molecule has 2 fully saturated rings. The Kier molecular flexibility index (Phi) is 4.15. The average molecular weight is 228 g/mol. The summed E-state index contributed by atoms with van der Waals surface area (Å²) in [5.41, 5.74) is 0. The van der Waals surface area contributed by atoms with Gasteiger partial charge in [0, 0.05) is 19.6 Å². The van der Waals surface area contributed by atoms with E-state index in [1.165, 1.54) is 0 Å². The zero-order valence-corrected chi connectivity index (χ0v) is 9.60. The smallest absolute Gasteiger partial charge is 0.236 e. The molecule has 5 heteroatoms. The van der Waals surface area contributed by atoms with Gasteiger partial charge in [0.25, 0.3) is 0 Å². The molecular weight excluding hydrogens is 208 g/mol. The number of hydrogen-bond acceptors (Lipinski definition) is 4. The van der Waals surface area contributed by atoms with Crippen molar-refractivity contribution in [3.63, 3.8) is 0 Å². The third-order valence-electron chi connectivity index (χ3n) is 3.20. The molecule has 0 aromatic heterocycles. The molecule has 2 saturated heterocycles. The standard InChI is InChI=1S/C11H20N2O3/c14-10-2-1-3-12(8-10)9-11(15)13-4-6-16-7-5-13/h10,14H,1-9H2. The molecule has 0 aromatic carbocycles. The van der Waals surface area contributed by atoms with Crippen molar-refractivity contribution >= 4 is 5.91 Å². The van der Waals surface area contributed by atoms with Gasteiger partial charge in [0.1, 0.15) is 0 Å². The summed E-state index contributed by atoms with van der Waals surface area (Å²) in [7, 11) is 0. The van der Waals surface area contributed by atoms with Crippen LogP contribution in [-0.4, -0.2) is 72.9 Å². The molecule has 1 atom stereocenters. The van der Waals surface area contributed by atoms with Gasteiger partial charge >= 0.3 is 0 Å². The molecule has 5 nitrogen and oxygen atoms in total. The first kappa shape index (κ1) is 11.8.